The first-order chi connectivity index (χ1) is 11.7. The van der Waals surface area contributed by atoms with Crippen LogP contribution in [0.2, 0.25) is 0 Å². The Kier molecular flexibility index (Phi) is 4.65. The Morgan fingerprint density at radius 2 is 2.00 bits per heavy atom. The van der Waals surface area contributed by atoms with Gasteiger partial charge in [-0.1, -0.05) is 6.07 Å². The highest BCUT2D eigenvalue weighted by Crippen LogP contribution is 2.29. The van der Waals surface area contributed by atoms with Crippen LogP contribution in [0.5, 0.6) is 5.75 Å². The second-order valence-corrected chi connectivity index (χ2v) is 5.12. The van der Waals surface area contributed by atoms with Crippen LogP contribution in [0.3, 0.4) is 0 Å². The Hall–Kier alpha value is -3.02. The maximum atomic E-state index is 11.7. The predicted molar refractivity (Wildman–Crippen MR) is 92.3 cm³/mol. The summed E-state index contributed by atoms with van der Waals surface area (Å²) in [5.74, 6) is 1.23. The number of fused-ring (bicyclic) bond motifs is 1. The quantitative estimate of drug-likeness (QED) is 0.706. The van der Waals surface area contributed by atoms with Crippen molar-refractivity contribution in [3.8, 4) is 17.0 Å². The molecule has 6 heteroatoms. The number of esters is 1. The average molecular weight is 325 g/mol. The molecule has 6 nitrogen and oxygen atoms in total. The molecule has 1 N–H and O–H groups in total. The van der Waals surface area contributed by atoms with E-state index in [-0.39, 0.29) is 12.5 Å². The number of methoxy groups -OCH3 is 1. The van der Waals surface area contributed by atoms with E-state index >= 15 is 0 Å². The van der Waals surface area contributed by atoms with Crippen LogP contribution >= 0.6 is 0 Å². The minimum absolute atomic E-state index is 0.0830. The fourth-order valence-corrected chi connectivity index (χ4v) is 2.48. The minimum Gasteiger partial charge on any atom is -0.497 e. The number of hydrogen-bond acceptors (Lipinski definition) is 5. The molecule has 0 aliphatic carbocycles. The van der Waals surface area contributed by atoms with Crippen molar-refractivity contribution in [2.75, 3.05) is 25.6 Å². The third kappa shape index (κ3) is 3.17. The van der Waals surface area contributed by atoms with Gasteiger partial charge in [-0.3, -0.25) is 9.20 Å². The van der Waals surface area contributed by atoms with Gasteiger partial charge in [0.1, 0.15) is 29.5 Å². The molecule has 2 aromatic heterocycles. The molecule has 0 atom stereocenters. The fraction of sp³-hybridized carbons (Fsp3) is 0.222. The zero-order chi connectivity index (χ0) is 16.9. The summed E-state index contributed by atoms with van der Waals surface area (Å²) < 4.78 is 12.1. The molecule has 0 amide bonds. The lowest BCUT2D eigenvalue weighted by molar-refractivity contribution is -0.140. The Morgan fingerprint density at radius 3 is 2.71 bits per heavy atom. The molecule has 0 aliphatic heterocycles. The van der Waals surface area contributed by atoms with E-state index in [9.17, 15) is 4.79 Å². The Bertz CT molecular complexity index is 840. The van der Waals surface area contributed by atoms with Gasteiger partial charge in [-0.25, -0.2) is 4.98 Å². The van der Waals surface area contributed by atoms with Crippen LogP contribution in [0.4, 0.5) is 5.82 Å². The number of hydrogen-bond donors (Lipinski definition) is 1. The Balaban J connectivity index is 1.99. The van der Waals surface area contributed by atoms with E-state index in [1.807, 2.05) is 53.1 Å². The van der Waals surface area contributed by atoms with Gasteiger partial charge in [0.15, 0.2) is 0 Å². The third-order valence-corrected chi connectivity index (χ3v) is 3.60. The van der Waals surface area contributed by atoms with Crippen LogP contribution in [0.15, 0.2) is 48.7 Å². The molecule has 0 radical (unpaired) electrons. The molecular weight excluding hydrogens is 306 g/mol. The monoisotopic (exact) mass is 325 g/mol. The number of rotatable bonds is 6. The highest BCUT2D eigenvalue weighted by atomic mass is 16.5. The molecular formula is C18H19N3O3. The largest absolute Gasteiger partial charge is 0.497 e. The van der Waals surface area contributed by atoms with E-state index in [4.69, 9.17) is 9.47 Å². The van der Waals surface area contributed by atoms with E-state index in [1.54, 1.807) is 14.0 Å². The lowest BCUT2D eigenvalue weighted by Crippen LogP contribution is -2.17. The summed E-state index contributed by atoms with van der Waals surface area (Å²) in [4.78, 5) is 16.3. The molecule has 0 aliphatic rings. The number of aromatic nitrogens is 2. The number of pyridine rings is 1. The second-order valence-electron chi connectivity index (χ2n) is 5.12. The first kappa shape index (κ1) is 15.9. The summed E-state index contributed by atoms with van der Waals surface area (Å²) in [7, 11) is 1.63. The van der Waals surface area contributed by atoms with E-state index < -0.39 is 0 Å². The van der Waals surface area contributed by atoms with Gasteiger partial charge >= 0.3 is 5.97 Å². The maximum Gasteiger partial charge on any atom is 0.325 e. The summed E-state index contributed by atoms with van der Waals surface area (Å²) in [6, 6.07) is 13.4. The van der Waals surface area contributed by atoms with Crippen molar-refractivity contribution in [3.05, 3.63) is 48.7 Å². The SMILES string of the molecule is CCOC(=O)CNc1c(-c2ccc(OC)cc2)nc2ccccn12. The van der Waals surface area contributed by atoms with Gasteiger partial charge in [0.25, 0.3) is 0 Å². The lowest BCUT2D eigenvalue weighted by Gasteiger charge is -2.09. The fourth-order valence-electron chi connectivity index (χ4n) is 2.48. The molecule has 3 aromatic rings. The van der Waals surface area contributed by atoms with Gasteiger partial charge in [0.2, 0.25) is 0 Å². The number of ether oxygens (including phenoxy) is 2. The summed E-state index contributed by atoms with van der Waals surface area (Å²) in [5.41, 5.74) is 2.51. The molecule has 124 valence electrons. The molecule has 24 heavy (non-hydrogen) atoms. The molecule has 2 heterocycles. The van der Waals surface area contributed by atoms with Crippen LogP contribution in [0, 0.1) is 0 Å². The molecule has 0 saturated carbocycles. The van der Waals surface area contributed by atoms with E-state index in [0.29, 0.717) is 6.61 Å². The smallest absolute Gasteiger partial charge is 0.325 e. The highest BCUT2D eigenvalue weighted by molar-refractivity contribution is 5.81. The Labute approximate surface area is 140 Å². The van der Waals surface area contributed by atoms with Crippen molar-refractivity contribution < 1.29 is 14.3 Å². The van der Waals surface area contributed by atoms with Crippen LogP contribution in [-0.2, 0) is 9.53 Å². The van der Waals surface area contributed by atoms with Crippen molar-refractivity contribution in [1.29, 1.82) is 0 Å². The highest BCUT2D eigenvalue weighted by Gasteiger charge is 2.15. The zero-order valence-corrected chi connectivity index (χ0v) is 13.7. The molecule has 0 saturated heterocycles. The number of anilines is 1. The summed E-state index contributed by atoms with van der Waals surface area (Å²) in [6.07, 6.45) is 1.91. The van der Waals surface area contributed by atoms with Crippen LogP contribution < -0.4 is 10.1 Å². The summed E-state index contributed by atoms with van der Waals surface area (Å²) in [5, 5.41) is 3.14. The lowest BCUT2D eigenvalue weighted by atomic mass is 10.1. The van der Waals surface area contributed by atoms with Gasteiger partial charge in [-0.15, -0.1) is 0 Å². The third-order valence-electron chi connectivity index (χ3n) is 3.60. The number of imidazole rings is 1. The number of carbonyl (C=O) groups is 1. The van der Waals surface area contributed by atoms with Crippen molar-refractivity contribution in [2.45, 2.75) is 6.92 Å². The Morgan fingerprint density at radius 1 is 1.21 bits per heavy atom. The number of benzene rings is 1. The summed E-state index contributed by atoms with van der Waals surface area (Å²) in [6.45, 7) is 2.23. The van der Waals surface area contributed by atoms with Crippen LogP contribution in [0.1, 0.15) is 6.92 Å². The molecule has 0 spiro atoms. The second kappa shape index (κ2) is 7.04. The standard InChI is InChI=1S/C18H19N3O3/c1-3-24-16(22)12-19-18-17(13-7-9-14(23-2)10-8-13)20-15-6-4-5-11-21(15)18/h4-11,19H,3,12H2,1-2H3. The van der Waals surface area contributed by atoms with E-state index in [1.165, 1.54) is 0 Å². The van der Waals surface area contributed by atoms with E-state index in [2.05, 4.69) is 10.3 Å². The maximum absolute atomic E-state index is 11.7. The minimum atomic E-state index is -0.302. The summed E-state index contributed by atoms with van der Waals surface area (Å²) >= 11 is 0. The molecule has 0 unspecified atom stereocenters. The molecule has 0 fully saturated rings. The van der Waals surface area contributed by atoms with Gasteiger partial charge in [0.05, 0.1) is 13.7 Å². The normalized spacial score (nSPS) is 10.6. The van der Waals surface area contributed by atoms with Gasteiger partial charge < -0.3 is 14.8 Å². The van der Waals surface area contributed by atoms with Crippen molar-refractivity contribution in [1.82, 2.24) is 9.38 Å². The first-order valence-corrected chi connectivity index (χ1v) is 7.74. The van der Waals surface area contributed by atoms with Gasteiger partial charge in [-0.2, -0.15) is 0 Å². The van der Waals surface area contributed by atoms with Crippen molar-refractivity contribution in [2.24, 2.45) is 0 Å². The van der Waals surface area contributed by atoms with Gasteiger partial charge in [0, 0.05) is 11.8 Å². The number of carbonyl (C=O) groups excluding carboxylic acids is 1. The molecule has 0 bridgehead atoms. The average Bonchev–Trinajstić information content (AvgIpc) is 2.99. The number of nitrogens with zero attached hydrogens (tertiary/aromatic N) is 2. The van der Waals surface area contributed by atoms with E-state index in [0.717, 1.165) is 28.5 Å². The molecule has 1 aromatic carbocycles. The van der Waals surface area contributed by atoms with Gasteiger partial charge in [-0.05, 0) is 43.3 Å². The first-order valence-electron chi connectivity index (χ1n) is 7.74. The molecule has 3 rings (SSSR count). The van der Waals surface area contributed by atoms with Crippen molar-refractivity contribution >= 4 is 17.4 Å². The van der Waals surface area contributed by atoms with Crippen LogP contribution in [-0.4, -0.2) is 35.6 Å². The van der Waals surface area contributed by atoms with Crippen LogP contribution in [0.25, 0.3) is 16.9 Å². The van der Waals surface area contributed by atoms with Crippen molar-refractivity contribution in [3.63, 3.8) is 0 Å². The topological polar surface area (TPSA) is 64.9 Å². The number of nitrogens with one attached hydrogen (secondary N) is 1. The predicted octanol–water partition coefficient (Wildman–Crippen LogP) is 2.98. The zero-order valence-electron chi connectivity index (χ0n) is 13.7.